The van der Waals surface area contributed by atoms with Gasteiger partial charge >= 0.3 is 0 Å². The van der Waals surface area contributed by atoms with Crippen LogP contribution in [-0.4, -0.2) is 14.6 Å². The molecule has 3 rings (SSSR count). The second-order valence-corrected chi connectivity index (χ2v) is 5.71. The van der Waals surface area contributed by atoms with Gasteiger partial charge in [-0.2, -0.15) is 5.10 Å². The molecule has 4 heteroatoms. The molecular formula is C17H20N4. The third-order valence-electron chi connectivity index (χ3n) is 3.86. The van der Waals surface area contributed by atoms with Crippen LogP contribution in [0.3, 0.4) is 0 Å². The van der Waals surface area contributed by atoms with Gasteiger partial charge in [0.15, 0.2) is 0 Å². The van der Waals surface area contributed by atoms with E-state index in [1.54, 1.807) is 6.20 Å². The Morgan fingerprint density at radius 1 is 1.14 bits per heavy atom. The summed E-state index contributed by atoms with van der Waals surface area (Å²) in [6, 6.07) is 8.63. The standard InChI is InChI=1S/C17H20N4/c1-12(2)14-5-3-13(4-6-14)9-16(18)15-10-20-21-8-7-19-11-17(15)21/h3-8,10-12,16H,9,18H2,1-2H3. The van der Waals surface area contributed by atoms with Crippen LogP contribution >= 0.6 is 0 Å². The predicted molar refractivity (Wildman–Crippen MR) is 84.2 cm³/mol. The number of hydrogen-bond donors (Lipinski definition) is 1. The maximum absolute atomic E-state index is 6.35. The first-order valence-corrected chi connectivity index (χ1v) is 7.27. The molecule has 0 amide bonds. The second-order valence-electron chi connectivity index (χ2n) is 5.71. The van der Waals surface area contributed by atoms with Gasteiger partial charge in [-0.05, 0) is 23.5 Å². The Morgan fingerprint density at radius 2 is 1.90 bits per heavy atom. The van der Waals surface area contributed by atoms with E-state index in [2.05, 4.69) is 48.2 Å². The summed E-state index contributed by atoms with van der Waals surface area (Å²) >= 11 is 0. The molecule has 1 atom stereocenters. The molecule has 2 N–H and O–H groups in total. The molecule has 2 heterocycles. The largest absolute Gasteiger partial charge is 0.324 e. The van der Waals surface area contributed by atoms with Crippen molar-refractivity contribution in [3.8, 4) is 0 Å². The van der Waals surface area contributed by atoms with Crippen molar-refractivity contribution in [3.63, 3.8) is 0 Å². The average molecular weight is 280 g/mol. The molecule has 4 nitrogen and oxygen atoms in total. The summed E-state index contributed by atoms with van der Waals surface area (Å²) in [5.41, 5.74) is 11.0. The summed E-state index contributed by atoms with van der Waals surface area (Å²) in [5.74, 6) is 0.554. The zero-order valence-corrected chi connectivity index (χ0v) is 12.4. The van der Waals surface area contributed by atoms with Crippen LogP contribution in [0.4, 0.5) is 0 Å². The lowest BCUT2D eigenvalue weighted by atomic mass is 9.97. The lowest BCUT2D eigenvalue weighted by Crippen LogP contribution is -2.13. The van der Waals surface area contributed by atoms with Crippen molar-refractivity contribution in [3.05, 3.63) is 65.7 Å². The van der Waals surface area contributed by atoms with Gasteiger partial charge < -0.3 is 5.73 Å². The van der Waals surface area contributed by atoms with Crippen LogP contribution in [0.15, 0.2) is 49.1 Å². The van der Waals surface area contributed by atoms with Crippen molar-refractivity contribution in [1.29, 1.82) is 0 Å². The topological polar surface area (TPSA) is 56.2 Å². The highest BCUT2D eigenvalue weighted by atomic mass is 15.2. The highest BCUT2D eigenvalue weighted by molar-refractivity contribution is 5.53. The van der Waals surface area contributed by atoms with E-state index in [1.807, 2.05) is 23.1 Å². The van der Waals surface area contributed by atoms with Crippen molar-refractivity contribution in [2.24, 2.45) is 5.73 Å². The van der Waals surface area contributed by atoms with Crippen molar-refractivity contribution < 1.29 is 0 Å². The van der Waals surface area contributed by atoms with Crippen LogP contribution in [0.5, 0.6) is 0 Å². The summed E-state index contributed by atoms with van der Waals surface area (Å²) in [4.78, 5) is 4.15. The molecule has 1 aromatic carbocycles. The maximum atomic E-state index is 6.35. The average Bonchev–Trinajstić information content (AvgIpc) is 2.92. The first-order valence-electron chi connectivity index (χ1n) is 7.27. The molecule has 108 valence electrons. The van der Waals surface area contributed by atoms with E-state index in [4.69, 9.17) is 5.73 Å². The SMILES string of the molecule is CC(C)c1ccc(CC(N)c2cnn3ccncc23)cc1. The molecule has 2 aromatic heterocycles. The van der Waals surface area contributed by atoms with Gasteiger partial charge in [0.1, 0.15) is 0 Å². The van der Waals surface area contributed by atoms with Crippen molar-refractivity contribution in [1.82, 2.24) is 14.6 Å². The van der Waals surface area contributed by atoms with Crippen LogP contribution in [0.1, 0.15) is 42.5 Å². The summed E-state index contributed by atoms with van der Waals surface area (Å²) in [7, 11) is 0. The molecule has 0 aliphatic heterocycles. The molecule has 0 fully saturated rings. The van der Waals surface area contributed by atoms with Crippen molar-refractivity contribution >= 4 is 5.52 Å². The van der Waals surface area contributed by atoms with Gasteiger partial charge in [0.2, 0.25) is 0 Å². The summed E-state index contributed by atoms with van der Waals surface area (Å²) in [5, 5.41) is 4.32. The van der Waals surface area contributed by atoms with E-state index in [0.29, 0.717) is 5.92 Å². The van der Waals surface area contributed by atoms with E-state index in [1.165, 1.54) is 11.1 Å². The molecule has 0 saturated heterocycles. The van der Waals surface area contributed by atoms with Crippen LogP contribution in [-0.2, 0) is 6.42 Å². The lowest BCUT2D eigenvalue weighted by molar-refractivity contribution is 0.726. The van der Waals surface area contributed by atoms with Gasteiger partial charge in [-0.1, -0.05) is 38.1 Å². The fraction of sp³-hybridized carbons (Fsp3) is 0.294. The monoisotopic (exact) mass is 280 g/mol. The van der Waals surface area contributed by atoms with Crippen LogP contribution in [0.2, 0.25) is 0 Å². The van der Waals surface area contributed by atoms with Crippen LogP contribution in [0.25, 0.3) is 5.52 Å². The molecule has 0 aliphatic carbocycles. The predicted octanol–water partition coefficient (Wildman–Crippen LogP) is 3.10. The zero-order chi connectivity index (χ0) is 14.8. The fourth-order valence-corrected chi connectivity index (χ4v) is 2.54. The molecule has 3 aromatic rings. The Labute approximate surface area is 124 Å². The summed E-state index contributed by atoms with van der Waals surface area (Å²) in [6.45, 7) is 4.40. The van der Waals surface area contributed by atoms with Gasteiger partial charge in [0, 0.05) is 24.0 Å². The Hall–Kier alpha value is -2.20. The van der Waals surface area contributed by atoms with Gasteiger partial charge in [-0.3, -0.25) is 4.98 Å². The van der Waals surface area contributed by atoms with Crippen LogP contribution in [0, 0.1) is 0 Å². The lowest BCUT2D eigenvalue weighted by Gasteiger charge is -2.12. The minimum Gasteiger partial charge on any atom is -0.324 e. The molecular weight excluding hydrogens is 260 g/mol. The van der Waals surface area contributed by atoms with E-state index in [0.717, 1.165) is 17.5 Å². The van der Waals surface area contributed by atoms with Crippen LogP contribution < -0.4 is 5.73 Å². The first-order chi connectivity index (χ1) is 10.1. The Morgan fingerprint density at radius 3 is 2.62 bits per heavy atom. The van der Waals surface area contributed by atoms with Gasteiger partial charge in [0.05, 0.1) is 17.9 Å². The number of nitrogens with zero attached hydrogens (tertiary/aromatic N) is 3. The summed E-state index contributed by atoms with van der Waals surface area (Å²) in [6.07, 6.45) is 8.01. The van der Waals surface area contributed by atoms with E-state index in [-0.39, 0.29) is 6.04 Å². The quantitative estimate of drug-likeness (QED) is 0.799. The fourth-order valence-electron chi connectivity index (χ4n) is 2.54. The number of hydrogen-bond acceptors (Lipinski definition) is 3. The van der Waals surface area contributed by atoms with E-state index in [9.17, 15) is 0 Å². The number of nitrogens with two attached hydrogens (primary N) is 1. The van der Waals surface area contributed by atoms with Crippen molar-refractivity contribution in [2.75, 3.05) is 0 Å². The Bertz CT molecular complexity index is 728. The Kier molecular flexibility index (Phi) is 3.71. The van der Waals surface area contributed by atoms with Gasteiger partial charge in [0.25, 0.3) is 0 Å². The second kappa shape index (κ2) is 5.66. The number of fused-ring (bicyclic) bond motifs is 1. The third kappa shape index (κ3) is 2.81. The normalized spacial score (nSPS) is 13.0. The zero-order valence-electron chi connectivity index (χ0n) is 12.4. The van der Waals surface area contributed by atoms with Gasteiger partial charge in [-0.15, -0.1) is 0 Å². The molecule has 0 radical (unpaired) electrons. The highest BCUT2D eigenvalue weighted by Crippen LogP contribution is 2.21. The van der Waals surface area contributed by atoms with Crippen molar-refractivity contribution in [2.45, 2.75) is 32.2 Å². The smallest absolute Gasteiger partial charge is 0.0892 e. The minimum absolute atomic E-state index is 0.0726. The number of benzene rings is 1. The number of aromatic nitrogens is 3. The minimum atomic E-state index is -0.0726. The summed E-state index contributed by atoms with van der Waals surface area (Å²) < 4.78 is 1.81. The molecule has 0 aliphatic rings. The molecule has 0 saturated carbocycles. The molecule has 1 unspecified atom stereocenters. The molecule has 21 heavy (non-hydrogen) atoms. The molecule has 0 bridgehead atoms. The van der Waals surface area contributed by atoms with E-state index >= 15 is 0 Å². The number of rotatable bonds is 4. The Balaban J connectivity index is 1.81. The van der Waals surface area contributed by atoms with Gasteiger partial charge in [-0.25, -0.2) is 4.52 Å². The first kappa shape index (κ1) is 13.8. The molecule has 0 spiro atoms. The third-order valence-corrected chi connectivity index (χ3v) is 3.86. The maximum Gasteiger partial charge on any atom is 0.0892 e. The van der Waals surface area contributed by atoms with E-state index < -0.39 is 0 Å². The highest BCUT2D eigenvalue weighted by Gasteiger charge is 2.13.